The predicted octanol–water partition coefficient (Wildman–Crippen LogP) is 6.13. The largest absolute Gasteiger partial charge is 0.324 e. The molecule has 2 nitrogen and oxygen atoms in total. The molecule has 21 heavy (non-hydrogen) atoms. The molecule has 1 saturated carbocycles. The van der Waals surface area contributed by atoms with E-state index in [1.54, 1.807) is 0 Å². The number of rotatable bonds is 3. The number of benzene rings is 1. The van der Waals surface area contributed by atoms with Crippen molar-refractivity contribution in [2.45, 2.75) is 57.4 Å². The van der Waals surface area contributed by atoms with Crippen molar-refractivity contribution in [3.8, 4) is 0 Å². The van der Waals surface area contributed by atoms with E-state index >= 15 is 0 Å². The van der Waals surface area contributed by atoms with Crippen molar-refractivity contribution >= 4 is 34.2 Å². The molecule has 1 fully saturated rings. The van der Waals surface area contributed by atoms with Crippen LogP contribution in [0.25, 0.3) is 11.0 Å². The van der Waals surface area contributed by atoms with Crippen molar-refractivity contribution in [3.63, 3.8) is 0 Å². The van der Waals surface area contributed by atoms with Gasteiger partial charge in [-0.05, 0) is 37.8 Å². The second kappa shape index (κ2) is 6.18. The van der Waals surface area contributed by atoms with Crippen molar-refractivity contribution in [2.24, 2.45) is 5.92 Å². The number of hydrogen-bond acceptors (Lipinski definition) is 1. The maximum Gasteiger partial charge on any atom is 0.128 e. The first-order valence-corrected chi connectivity index (χ1v) is 8.73. The van der Waals surface area contributed by atoms with Gasteiger partial charge in [0.1, 0.15) is 11.3 Å². The van der Waals surface area contributed by atoms with Crippen LogP contribution in [0.2, 0.25) is 5.02 Å². The lowest BCUT2D eigenvalue weighted by molar-refractivity contribution is 0.261. The Kier molecular flexibility index (Phi) is 4.46. The molecule has 0 bridgehead atoms. The normalized spacial score (nSPS) is 24.4. The molecule has 1 aliphatic rings. The van der Waals surface area contributed by atoms with Crippen LogP contribution in [0.3, 0.4) is 0 Å². The van der Waals surface area contributed by atoms with Crippen LogP contribution in [-0.2, 0) is 0 Å². The summed E-state index contributed by atoms with van der Waals surface area (Å²) in [6, 6.07) is 6.53. The van der Waals surface area contributed by atoms with Crippen LogP contribution in [0.4, 0.5) is 0 Å². The molecule has 1 aliphatic carbocycles. The molecule has 3 unspecified atom stereocenters. The predicted molar refractivity (Wildman–Crippen MR) is 90.3 cm³/mol. The van der Waals surface area contributed by atoms with E-state index in [1.807, 2.05) is 19.1 Å². The van der Waals surface area contributed by atoms with E-state index in [4.69, 9.17) is 28.2 Å². The Labute approximate surface area is 136 Å². The van der Waals surface area contributed by atoms with Gasteiger partial charge < -0.3 is 4.57 Å². The maximum atomic E-state index is 6.40. The number of fused-ring (bicyclic) bond motifs is 1. The van der Waals surface area contributed by atoms with Crippen molar-refractivity contribution in [1.82, 2.24) is 9.55 Å². The number of alkyl halides is 1. The van der Waals surface area contributed by atoms with Crippen LogP contribution in [0, 0.1) is 5.92 Å². The van der Waals surface area contributed by atoms with E-state index in [9.17, 15) is 0 Å². The van der Waals surface area contributed by atoms with Gasteiger partial charge >= 0.3 is 0 Å². The topological polar surface area (TPSA) is 17.8 Å². The molecule has 3 rings (SSSR count). The highest BCUT2D eigenvalue weighted by molar-refractivity contribution is 6.35. The lowest BCUT2D eigenvalue weighted by Gasteiger charge is -2.31. The molecular formula is C17H22Cl2N2. The summed E-state index contributed by atoms with van der Waals surface area (Å²) < 4.78 is 2.36. The highest BCUT2D eigenvalue weighted by Gasteiger charge is 2.27. The SMILES string of the molecule is CCC1CCCC(n2c(C(C)Cl)nc3c(Cl)cccc32)C1. The van der Waals surface area contributed by atoms with Gasteiger partial charge in [-0.15, -0.1) is 11.6 Å². The molecule has 2 aromatic rings. The van der Waals surface area contributed by atoms with Crippen molar-refractivity contribution in [3.05, 3.63) is 29.0 Å². The van der Waals surface area contributed by atoms with Gasteiger partial charge in [0.05, 0.1) is 15.9 Å². The van der Waals surface area contributed by atoms with Crippen LogP contribution in [0.5, 0.6) is 0 Å². The van der Waals surface area contributed by atoms with E-state index in [1.165, 1.54) is 32.1 Å². The molecule has 0 radical (unpaired) electrons. The van der Waals surface area contributed by atoms with Crippen LogP contribution in [0.15, 0.2) is 18.2 Å². The number of halogens is 2. The average molecular weight is 325 g/mol. The summed E-state index contributed by atoms with van der Waals surface area (Å²) in [5.74, 6) is 1.78. The monoisotopic (exact) mass is 324 g/mol. The van der Waals surface area contributed by atoms with Gasteiger partial charge in [0.2, 0.25) is 0 Å². The van der Waals surface area contributed by atoms with Crippen molar-refractivity contribution in [1.29, 1.82) is 0 Å². The van der Waals surface area contributed by atoms with Gasteiger partial charge in [0.15, 0.2) is 0 Å². The fourth-order valence-electron chi connectivity index (χ4n) is 3.63. The van der Waals surface area contributed by atoms with Crippen molar-refractivity contribution < 1.29 is 0 Å². The molecule has 1 heterocycles. The van der Waals surface area contributed by atoms with Gasteiger partial charge in [-0.25, -0.2) is 4.98 Å². The van der Waals surface area contributed by atoms with Gasteiger partial charge in [0.25, 0.3) is 0 Å². The van der Waals surface area contributed by atoms with Crippen molar-refractivity contribution in [2.75, 3.05) is 0 Å². The zero-order valence-corrected chi connectivity index (χ0v) is 14.2. The molecular weight excluding hydrogens is 303 g/mol. The number of aromatic nitrogens is 2. The zero-order valence-electron chi connectivity index (χ0n) is 12.6. The minimum atomic E-state index is -0.101. The van der Waals surface area contributed by atoms with E-state index in [2.05, 4.69) is 17.6 Å². The Hall–Kier alpha value is -0.730. The van der Waals surface area contributed by atoms with Gasteiger partial charge in [-0.3, -0.25) is 0 Å². The third-order valence-electron chi connectivity index (χ3n) is 4.75. The third-order valence-corrected chi connectivity index (χ3v) is 5.25. The summed E-state index contributed by atoms with van der Waals surface area (Å²) in [6.07, 6.45) is 6.34. The van der Waals surface area contributed by atoms with Crippen LogP contribution in [0.1, 0.15) is 63.2 Å². The molecule has 0 aliphatic heterocycles. The lowest BCUT2D eigenvalue weighted by Crippen LogP contribution is -2.20. The smallest absolute Gasteiger partial charge is 0.128 e. The van der Waals surface area contributed by atoms with Crippen LogP contribution in [-0.4, -0.2) is 9.55 Å². The highest BCUT2D eigenvalue weighted by atomic mass is 35.5. The fourth-order valence-corrected chi connectivity index (χ4v) is 4.00. The van der Waals surface area contributed by atoms with Gasteiger partial charge in [-0.1, -0.05) is 43.9 Å². The Morgan fingerprint density at radius 2 is 2.19 bits per heavy atom. The molecule has 1 aromatic carbocycles. The average Bonchev–Trinajstić information content (AvgIpc) is 2.88. The second-order valence-corrected chi connectivity index (χ2v) is 7.22. The molecule has 1 aromatic heterocycles. The molecule has 3 atom stereocenters. The van der Waals surface area contributed by atoms with Crippen LogP contribution >= 0.6 is 23.2 Å². The summed E-state index contributed by atoms with van der Waals surface area (Å²) in [5, 5.41) is 0.614. The Morgan fingerprint density at radius 3 is 2.90 bits per heavy atom. The summed E-state index contributed by atoms with van der Waals surface area (Å²) in [7, 11) is 0. The summed E-state index contributed by atoms with van der Waals surface area (Å²) in [6.45, 7) is 4.29. The Morgan fingerprint density at radius 1 is 1.38 bits per heavy atom. The van der Waals surface area contributed by atoms with E-state index in [-0.39, 0.29) is 5.38 Å². The fraction of sp³-hybridized carbons (Fsp3) is 0.588. The molecule has 0 N–H and O–H groups in total. The first kappa shape index (κ1) is 15.2. The summed E-state index contributed by atoms with van der Waals surface area (Å²) >= 11 is 12.7. The van der Waals surface area contributed by atoms with Gasteiger partial charge in [-0.2, -0.15) is 0 Å². The first-order valence-electron chi connectivity index (χ1n) is 7.92. The Balaban J connectivity index is 2.11. The summed E-state index contributed by atoms with van der Waals surface area (Å²) in [5.41, 5.74) is 2.02. The zero-order chi connectivity index (χ0) is 15.0. The molecule has 0 amide bonds. The molecule has 114 valence electrons. The van der Waals surface area contributed by atoms with E-state index in [0.29, 0.717) is 11.1 Å². The van der Waals surface area contributed by atoms with Crippen LogP contribution < -0.4 is 0 Å². The minimum Gasteiger partial charge on any atom is -0.324 e. The molecule has 0 saturated heterocycles. The number of imidazole rings is 1. The van der Waals surface area contributed by atoms with E-state index in [0.717, 1.165) is 22.8 Å². The minimum absolute atomic E-state index is 0.101. The highest BCUT2D eigenvalue weighted by Crippen LogP contribution is 2.39. The van der Waals surface area contributed by atoms with Gasteiger partial charge in [0, 0.05) is 6.04 Å². The first-order chi connectivity index (χ1) is 10.1. The third kappa shape index (κ3) is 2.80. The molecule has 4 heteroatoms. The number of para-hydroxylation sites is 1. The Bertz CT molecular complexity index is 633. The lowest BCUT2D eigenvalue weighted by atomic mass is 9.84. The quantitative estimate of drug-likeness (QED) is 0.621. The summed E-state index contributed by atoms with van der Waals surface area (Å²) in [4.78, 5) is 4.74. The van der Waals surface area contributed by atoms with E-state index < -0.39 is 0 Å². The number of hydrogen-bond donors (Lipinski definition) is 0. The maximum absolute atomic E-state index is 6.40. The standard InChI is InChI=1S/C17H22Cl2N2/c1-3-12-6-4-7-13(10-12)21-15-9-5-8-14(19)16(15)20-17(21)11(2)18/h5,8-9,11-13H,3-4,6-7,10H2,1-2H3. The molecule has 0 spiro atoms. The number of nitrogens with zero attached hydrogens (tertiary/aromatic N) is 2. The second-order valence-electron chi connectivity index (χ2n) is 6.16.